The topological polar surface area (TPSA) is 84.9 Å². The predicted octanol–water partition coefficient (Wildman–Crippen LogP) is 0.358. The van der Waals surface area contributed by atoms with Gasteiger partial charge in [0.15, 0.2) is 11.5 Å². The Morgan fingerprint density at radius 2 is 1.90 bits per heavy atom. The van der Waals surface area contributed by atoms with Gasteiger partial charge in [0.25, 0.3) is 0 Å². The Morgan fingerprint density at radius 1 is 1.29 bits per heavy atom. The van der Waals surface area contributed by atoms with Gasteiger partial charge in [0.2, 0.25) is 15.9 Å². The van der Waals surface area contributed by atoms with Gasteiger partial charge in [-0.25, -0.2) is 8.42 Å². The molecule has 0 saturated heterocycles. The van der Waals surface area contributed by atoms with Crippen LogP contribution in [0.4, 0.5) is 5.69 Å². The minimum atomic E-state index is -3.62. The van der Waals surface area contributed by atoms with E-state index in [-0.39, 0.29) is 0 Å². The van der Waals surface area contributed by atoms with E-state index in [1.54, 1.807) is 18.2 Å². The highest BCUT2D eigenvalue weighted by molar-refractivity contribution is 7.92. The smallest absolute Gasteiger partial charge is 0.243 e. The monoisotopic (exact) mass is 314 g/mol. The Kier molecular flexibility index (Phi) is 4.26. The van der Waals surface area contributed by atoms with Crippen LogP contribution >= 0.6 is 0 Å². The fourth-order valence-corrected chi connectivity index (χ4v) is 3.35. The van der Waals surface area contributed by atoms with E-state index in [4.69, 9.17) is 9.47 Å². The number of likely N-dealkylation sites (N-methyl/N-ethyl adjacent to an activating group) is 1. The second kappa shape index (κ2) is 5.80. The van der Waals surface area contributed by atoms with Crippen LogP contribution in [0.25, 0.3) is 0 Å². The van der Waals surface area contributed by atoms with Crippen molar-refractivity contribution in [2.75, 3.05) is 30.8 Å². The molecule has 1 aromatic carbocycles. The van der Waals surface area contributed by atoms with Crippen molar-refractivity contribution in [3.8, 4) is 11.5 Å². The summed E-state index contributed by atoms with van der Waals surface area (Å²) in [5.74, 6) is 0.637. The molecule has 1 aliphatic heterocycles. The van der Waals surface area contributed by atoms with Crippen LogP contribution in [0.2, 0.25) is 0 Å². The minimum Gasteiger partial charge on any atom is -0.486 e. The zero-order chi connectivity index (χ0) is 15.6. The van der Waals surface area contributed by atoms with Crippen molar-refractivity contribution in [2.45, 2.75) is 13.0 Å². The van der Waals surface area contributed by atoms with Crippen LogP contribution < -0.4 is 19.1 Å². The van der Waals surface area contributed by atoms with Crippen LogP contribution in [-0.4, -0.2) is 46.9 Å². The number of fused-ring (bicyclic) bond motifs is 1. The van der Waals surface area contributed by atoms with Gasteiger partial charge in [0.1, 0.15) is 19.3 Å². The molecule has 0 radical (unpaired) electrons. The average molecular weight is 314 g/mol. The van der Waals surface area contributed by atoms with Crippen molar-refractivity contribution in [1.29, 1.82) is 0 Å². The number of nitrogens with one attached hydrogen (secondary N) is 1. The molecule has 0 aliphatic carbocycles. The third-order valence-corrected chi connectivity index (χ3v) is 4.36. The van der Waals surface area contributed by atoms with E-state index in [0.717, 1.165) is 10.6 Å². The van der Waals surface area contributed by atoms with Gasteiger partial charge in [-0.05, 0) is 19.1 Å². The highest BCUT2D eigenvalue weighted by Crippen LogP contribution is 2.35. The third-order valence-electron chi connectivity index (χ3n) is 3.12. The van der Waals surface area contributed by atoms with Crippen molar-refractivity contribution in [1.82, 2.24) is 5.32 Å². The van der Waals surface area contributed by atoms with E-state index in [0.29, 0.717) is 30.4 Å². The number of nitrogens with zero attached hydrogens (tertiary/aromatic N) is 1. The number of hydrogen-bond acceptors (Lipinski definition) is 5. The van der Waals surface area contributed by atoms with Crippen molar-refractivity contribution in [3.63, 3.8) is 0 Å². The minimum absolute atomic E-state index is 0.359. The number of benzene rings is 1. The van der Waals surface area contributed by atoms with E-state index >= 15 is 0 Å². The van der Waals surface area contributed by atoms with Crippen LogP contribution in [0.15, 0.2) is 18.2 Å². The lowest BCUT2D eigenvalue weighted by atomic mass is 10.2. The average Bonchev–Trinajstić information content (AvgIpc) is 2.44. The number of carbonyl (C=O) groups excluding carboxylic acids is 1. The first kappa shape index (κ1) is 15.4. The molecular formula is C13H18N2O5S. The summed E-state index contributed by atoms with van der Waals surface area (Å²) in [4.78, 5) is 11.8. The SMILES string of the molecule is CNC(=O)C(C)N(c1ccc2c(c1)OCCO2)S(C)(=O)=O. The molecule has 21 heavy (non-hydrogen) atoms. The van der Waals surface area contributed by atoms with Crippen molar-refractivity contribution < 1.29 is 22.7 Å². The van der Waals surface area contributed by atoms with Gasteiger partial charge < -0.3 is 14.8 Å². The lowest BCUT2D eigenvalue weighted by molar-refractivity contribution is -0.121. The molecule has 1 N–H and O–H groups in total. The Hall–Kier alpha value is -1.96. The third kappa shape index (κ3) is 3.21. The number of anilines is 1. The first-order valence-corrected chi connectivity index (χ1v) is 8.30. The summed E-state index contributed by atoms with van der Waals surface area (Å²) >= 11 is 0. The highest BCUT2D eigenvalue weighted by atomic mass is 32.2. The Labute approximate surface area is 123 Å². The van der Waals surface area contributed by atoms with Gasteiger partial charge in [-0.15, -0.1) is 0 Å². The summed E-state index contributed by atoms with van der Waals surface area (Å²) in [6.07, 6.45) is 1.06. The number of sulfonamides is 1. The van der Waals surface area contributed by atoms with Crippen molar-refractivity contribution >= 4 is 21.6 Å². The van der Waals surface area contributed by atoms with Gasteiger partial charge in [-0.3, -0.25) is 9.10 Å². The molecule has 1 atom stereocenters. The molecule has 1 heterocycles. The van der Waals surface area contributed by atoms with Gasteiger partial charge >= 0.3 is 0 Å². The molecule has 7 nitrogen and oxygen atoms in total. The standard InChI is InChI=1S/C13H18N2O5S/c1-9(13(16)14-2)15(21(3,17)18)10-4-5-11-12(8-10)20-7-6-19-11/h4-5,8-9H,6-7H2,1-3H3,(H,14,16). The normalized spacial score (nSPS) is 15.2. The van der Waals surface area contributed by atoms with Crippen LogP contribution in [0.5, 0.6) is 11.5 Å². The van der Waals surface area contributed by atoms with Crippen molar-refractivity contribution in [2.24, 2.45) is 0 Å². The molecule has 0 saturated carbocycles. The highest BCUT2D eigenvalue weighted by Gasteiger charge is 2.29. The molecule has 8 heteroatoms. The molecule has 1 aromatic rings. The number of carbonyl (C=O) groups is 1. The molecular weight excluding hydrogens is 296 g/mol. The number of hydrogen-bond donors (Lipinski definition) is 1. The van der Waals surface area contributed by atoms with Crippen LogP contribution in [-0.2, 0) is 14.8 Å². The van der Waals surface area contributed by atoms with E-state index < -0.39 is 22.0 Å². The maximum atomic E-state index is 12.0. The summed E-state index contributed by atoms with van der Waals surface area (Å²) < 4.78 is 36.0. The van der Waals surface area contributed by atoms with E-state index in [1.807, 2.05) is 0 Å². The van der Waals surface area contributed by atoms with Crippen LogP contribution in [0, 0.1) is 0 Å². The van der Waals surface area contributed by atoms with Gasteiger partial charge in [0, 0.05) is 13.1 Å². The molecule has 1 amide bonds. The van der Waals surface area contributed by atoms with Crippen LogP contribution in [0.1, 0.15) is 6.92 Å². The molecule has 0 spiro atoms. The second-order valence-corrected chi connectivity index (χ2v) is 6.54. The molecule has 0 fully saturated rings. The van der Waals surface area contributed by atoms with Gasteiger partial charge in [-0.2, -0.15) is 0 Å². The fraction of sp³-hybridized carbons (Fsp3) is 0.462. The lowest BCUT2D eigenvalue weighted by Gasteiger charge is -2.29. The second-order valence-electron chi connectivity index (χ2n) is 4.68. The summed E-state index contributed by atoms with van der Waals surface area (Å²) in [6, 6.07) is 3.93. The summed E-state index contributed by atoms with van der Waals surface area (Å²) in [5, 5.41) is 2.45. The molecule has 2 rings (SSSR count). The zero-order valence-electron chi connectivity index (χ0n) is 12.1. The quantitative estimate of drug-likeness (QED) is 0.867. The fourth-order valence-electron chi connectivity index (χ4n) is 2.19. The van der Waals surface area contributed by atoms with E-state index in [1.165, 1.54) is 14.0 Å². The number of rotatable bonds is 4. The number of ether oxygens (including phenoxy) is 2. The molecule has 116 valence electrons. The predicted molar refractivity (Wildman–Crippen MR) is 78.3 cm³/mol. The summed E-state index contributed by atoms with van der Waals surface area (Å²) in [5.41, 5.74) is 0.359. The van der Waals surface area contributed by atoms with E-state index in [9.17, 15) is 13.2 Å². The summed E-state index contributed by atoms with van der Waals surface area (Å²) in [7, 11) is -2.16. The summed E-state index contributed by atoms with van der Waals surface area (Å²) in [6.45, 7) is 2.38. The molecule has 1 aliphatic rings. The maximum absolute atomic E-state index is 12.0. The van der Waals surface area contributed by atoms with Crippen molar-refractivity contribution in [3.05, 3.63) is 18.2 Å². The zero-order valence-corrected chi connectivity index (χ0v) is 12.9. The molecule has 1 unspecified atom stereocenters. The Morgan fingerprint density at radius 3 is 2.48 bits per heavy atom. The Bertz CT molecular complexity index is 644. The molecule has 0 bridgehead atoms. The number of amides is 1. The Balaban J connectivity index is 2.44. The van der Waals surface area contributed by atoms with Crippen LogP contribution in [0.3, 0.4) is 0 Å². The van der Waals surface area contributed by atoms with Gasteiger partial charge in [0.05, 0.1) is 11.9 Å². The van der Waals surface area contributed by atoms with Gasteiger partial charge in [-0.1, -0.05) is 0 Å². The lowest BCUT2D eigenvalue weighted by Crippen LogP contribution is -2.47. The first-order chi connectivity index (χ1) is 9.84. The largest absolute Gasteiger partial charge is 0.486 e. The first-order valence-electron chi connectivity index (χ1n) is 6.45. The molecule has 0 aromatic heterocycles. The maximum Gasteiger partial charge on any atom is 0.243 e. The van der Waals surface area contributed by atoms with E-state index in [2.05, 4.69) is 5.32 Å².